The van der Waals surface area contributed by atoms with Gasteiger partial charge in [0.15, 0.2) is 0 Å². The van der Waals surface area contributed by atoms with E-state index in [0.717, 1.165) is 4.90 Å². The van der Waals surface area contributed by atoms with Crippen molar-refractivity contribution in [2.75, 3.05) is 13.1 Å². The Bertz CT molecular complexity index is 950. The zero-order valence-corrected chi connectivity index (χ0v) is 13.5. The van der Waals surface area contributed by atoms with Gasteiger partial charge in [-0.1, -0.05) is 18.2 Å². The Labute approximate surface area is 144 Å². The Balaban J connectivity index is 2.02. The predicted molar refractivity (Wildman–Crippen MR) is 83.8 cm³/mol. The van der Waals surface area contributed by atoms with Gasteiger partial charge in [-0.3, -0.25) is 9.59 Å². The summed E-state index contributed by atoms with van der Waals surface area (Å²) in [5, 5.41) is 9.53. The predicted octanol–water partition coefficient (Wildman–Crippen LogP) is 2.44. The standard InChI is InChI=1S/C17H14F3NO5/c1-8-9-4-2-3-5-12(9)26-16(25)13(8)14(22)21-6-10(15(23)24)11(7-21)17(18,19)20/h2-5,10-11H,6-7H2,1H3,(H,23,24)/t10-,11-/m1/s1. The lowest BCUT2D eigenvalue weighted by molar-refractivity contribution is -0.187. The van der Waals surface area contributed by atoms with Gasteiger partial charge in [-0.25, -0.2) is 4.79 Å². The van der Waals surface area contributed by atoms with Crippen molar-refractivity contribution >= 4 is 22.8 Å². The maximum Gasteiger partial charge on any atom is 0.394 e. The number of carbonyl (C=O) groups is 2. The van der Waals surface area contributed by atoms with E-state index >= 15 is 0 Å². The second-order valence-corrected chi connectivity index (χ2v) is 6.19. The van der Waals surface area contributed by atoms with Crippen LogP contribution in [-0.2, 0) is 4.79 Å². The normalized spacial score (nSPS) is 20.5. The molecule has 3 rings (SSSR count). The molecular formula is C17H14F3NO5. The highest BCUT2D eigenvalue weighted by Gasteiger charge is 2.53. The summed E-state index contributed by atoms with van der Waals surface area (Å²) >= 11 is 0. The number of carbonyl (C=O) groups excluding carboxylic acids is 1. The number of aliphatic carboxylic acids is 1. The summed E-state index contributed by atoms with van der Waals surface area (Å²) in [4.78, 5) is 36.8. The summed E-state index contributed by atoms with van der Waals surface area (Å²) < 4.78 is 44.4. The van der Waals surface area contributed by atoms with Crippen LogP contribution in [0.2, 0.25) is 0 Å². The van der Waals surface area contributed by atoms with E-state index in [4.69, 9.17) is 9.52 Å². The fourth-order valence-electron chi connectivity index (χ4n) is 3.26. The zero-order valence-electron chi connectivity index (χ0n) is 13.5. The van der Waals surface area contributed by atoms with Crippen molar-refractivity contribution in [3.63, 3.8) is 0 Å². The molecule has 0 aliphatic carbocycles. The van der Waals surface area contributed by atoms with Crippen LogP contribution in [0.1, 0.15) is 15.9 Å². The molecule has 1 aromatic heterocycles. The van der Waals surface area contributed by atoms with Crippen molar-refractivity contribution in [2.45, 2.75) is 13.1 Å². The molecule has 0 saturated carbocycles. The van der Waals surface area contributed by atoms with Gasteiger partial charge in [0.05, 0.1) is 11.8 Å². The first-order chi connectivity index (χ1) is 12.1. The van der Waals surface area contributed by atoms with Gasteiger partial charge >= 0.3 is 17.8 Å². The number of hydrogen-bond donors (Lipinski definition) is 1. The molecule has 0 unspecified atom stereocenters. The van der Waals surface area contributed by atoms with Crippen LogP contribution in [0.15, 0.2) is 33.5 Å². The number of benzene rings is 1. The van der Waals surface area contributed by atoms with Gasteiger partial charge in [0.25, 0.3) is 5.91 Å². The maximum atomic E-state index is 13.1. The number of para-hydroxylation sites is 1. The van der Waals surface area contributed by atoms with E-state index in [2.05, 4.69) is 0 Å². The summed E-state index contributed by atoms with van der Waals surface area (Å²) in [5.41, 5.74) is -0.807. The van der Waals surface area contributed by atoms with Gasteiger partial charge in [0.2, 0.25) is 0 Å². The second-order valence-electron chi connectivity index (χ2n) is 6.19. The summed E-state index contributed by atoms with van der Waals surface area (Å²) in [5.74, 6) is -6.55. The van der Waals surface area contributed by atoms with Crippen LogP contribution in [0.3, 0.4) is 0 Å². The van der Waals surface area contributed by atoms with Gasteiger partial charge in [-0.05, 0) is 18.6 Å². The first-order valence-electron chi connectivity index (χ1n) is 7.72. The van der Waals surface area contributed by atoms with Crippen LogP contribution >= 0.6 is 0 Å². The molecule has 1 aromatic carbocycles. The van der Waals surface area contributed by atoms with Crippen LogP contribution in [0.4, 0.5) is 13.2 Å². The smallest absolute Gasteiger partial charge is 0.394 e. The number of amides is 1. The average molecular weight is 369 g/mol. The molecule has 1 amide bonds. The summed E-state index contributed by atoms with van der Waals surface area (Å²) in [6.45, 7) is 0.0630. The molecule has 0 bridgehead atoms. The first kappa shape index (κ1) is 18.0. The molecule has 2 atom stereocenters. The largest absolute Gasteiger partial charge is 0.481 e. The molecule has 0 radical (unpaired) electrons. The number of fused-ring (bicyclic) bond motifs is 1. The molecule has 1 saturated heterocycles. The average Bonchev–Trinajstić information content (AvgIpc) is 3.00. The Hall–Kier alpha value is -2.84. The van der Waals surface area contributed by atoms with E-state index in [1.165, 1.54) is 13.0 Å². The topological polar surface area (TPSA) is 87.8 Å². The summed E-state index contributed by atoms with van der Waals surface area (Å²) in [6, 6.07) is 6.46. The lowest BCUT2D eigenvalue weighted by Crippen LogP contribution is -2.35. The Morgan fingerprint density at radius 1 is 1.23 bits per heavy atom. The van der Waals surface area contributed by atoms with Crippen LogP contribution in [0, 0.1) is 18.8 Å². The second kappa shape index (κ2) is 6.15. The molecule has 2 heterocycles. The fraction of sp³-hybridized carbons (Fsp3) is 0.353. The number of rotatable bonds is 2. The molecule has 1 aliphatic rings. The van der Waals surface area contributed by atoms with Crippen LogP contribution in [0.25, 0.3) is 11.0 Å². The summed E-state index contributed by atoms with van der Waals surface area (Å²) in [6.07, 6.45) is -4.76. The van der Waals surface area contributed by atoms with Gasteiger partial charge in [0.1, 0.15) is 11.1 Å². The van der Waals surface area contributed by atoms with Crippen LogP contribution in [0.5, 0.6) is 0 Å². The molecule has 1 aliphatic heterocycles. The number of halogens is 3. The molecule has 26 heavy (non-hydrogen) atoms. The zero-order chi connectivity index (χ0) is 19.2. The molecule has 1 N–H and O–H groups in total. The molecule has 9 heteroatoms. The lowest BCUT2D eigenvalue weighted by atomic mass is 9.96. The number of carboxylic acid groups (broad SMARTS) is 1. The lowest BCUT2D eigenvalue weighted by Gasteiger charge is -2.18. The third-order valence-electron chi connectivity index (χ3n) is 4.63. The highest BCUT2D eigenvalue weighted by molar-refractivity contribution is 5.99. The van der Waals surface area contributed by atoms with E-state index in [1.54, 1.807) is 18.2 Å². The van der Waals surface area contributed by atoms with Crippen LogP contribution in [-0.4, -0.2) is 41.1 Å². The van der Waals surface area contributed by atoms with Gasteiger partial charge in [0, 0.05) is 18.5 Å². The van der Waals surface area contributed by atoms with Gasteiger partial charge < -0.3 is 14.4 Å². The fourth-order valence-corrected chi connectivity index (χ4v) is 3.26. The SMILES string of the molecule is Cc1c(C(=O)N2C[C@@H](C(F)(F)F)[C@H](C(=O)O)C2)c(=O)oc2ccccc12. The quantitative estimate of drug-likeness (QED) is 0.822. The van der Waals surface area contributed by atoms with Gasteiger partial charge in [-0.2, -0.15) is 13.2 Å². The first-order valence-corrected chi connectivity index (χ1v) is 7.72. The van der Waals surface area contributed by atoms with Gasteiger partial charge in [-0.15, -0.1) is 0 Å². The Morgan fingerprint density at radius 2 is 1.88 bits per heavy atom. The highest BCUT2D eigenvalue weighted by Crippen LogP contribution is 2.38. The minimum atomic E-state index is -4.76. The van der Waals surface area contributed by atoms with Crippen molar-refractivity contribution in [1.82, 2.24) is 4.90 Å². The number of aryl methyl sites for hydroxylation is 1. The minimum absolute atomic E-state index is 0.254. The minimum Gasteiger partial charge on any atom is -0.481 e. The van der Waals surface area contributed by atoms with Crippen molar-refractivity contribution in [1.29, 1.82) is 0 Å². The van der Waals surface area contributed by atoms with Crippen molar-refractivity contribution < 1.29 is 32.3 Å². The van der Waals surface area contributed by atoms with E-state index in [1.807, 2.05) is 0 Å². The number of likely N-dealkylation sites (tertiary alicyclic amines) is 1. The highest BCUT2D eigenvalue weighted by atomic mass is 19.4. The van der Waals surface area contributed by atoms with E-state index in [0.29, 0.717) is 5.39 Å². The number of nitrogens with zero attached hydrogens (tertiary/aromatic N) is 1. The molecular weight excluding hydrogens is 355 g/mol. The van der Waals surface area contributed by atoms with Crippen molar-refractivity contribution in [2.24, 2.45) is 11.8 Å². The van der Waals surface area contributed by atoms with E-state index in [9.17, 15) is 27.6 Å². The molecule has 6 nitrogen and oxygen atoms in total. The Kier molecular flexibility index (Phi) is 4.25. The van der Waals surface area contributed by atoms with Crippen LogP contribution < -0.4 is 5.63 Å². The van der Waals surface area contributed by atoms with E-state index in [-0.39, 0.29) is 16.7 Å². The van der Waals surface area contributed by atoms with E-state index < -0.39 is 48.6 Å². The monoisotopic (exact) mass is 369 g/mol. The number of carboxylic acids is 1. The third kappa shape index (κ3) is 2.93. The maximum absolute atomic E-state index is 13.1. The third-order valence-corrected chi connectivity index (χ3v) is 4.63. The molecule has 2 aromatic rings. The summed E-state index contributed by atoms with van der Waals surface area (Å²) in [7, 11) is 0. The Morgan fingerprint density at radius 3 is 2.46 bits per heavy atom. The number of hydrogen-bond acceptors (Lipinski definition) is 4. The molecule has 138 valence electrons. The molecule has 0 spiro atoms. The molecule has 1 fully saturated rings. The van der Waals surface area contributed by atoms with Crippen molar-refractivity contribution in [3.8, 4) is 0 Å². The van der Waals surface area contributed by atoms with Crippen molar-refractivity contribution in [3.05, 3.63) is 45.8 Å². The number of alkyl halides is 3.